The van der Waals surface area contributed by atoms with Crippen LogP contribution in [0, 0.1) is 5.82 Å². The molecule has 0 atom stereocenters. The van der Waals surface area contributed by atoms with Gasteiger partial charge in [-0.15, -0.1) is 0 Å². The molecular weight excluding hydrogens is 257 g/mol. The van der Waals surface area contributed by atoms with Crippen molar-refractivity contribution in [2.24, 2.45) is 0 Å². The van der Waals surface area contributed by atoms with Crippen molar-refractivity contribution in [3.05, 3.63) is 65.7 Å². The van der Waals surface area contributed by atoms with E-state index in [1.54, 1.807) is 24.5 Å². The number of benzene rings is 1. The maximum Gasteiger partial charge on any atom is 0.254 e. The summed E-state index contributed by atoms with van der Waals surface area (Å²) in [5.41, 5.74) is 1.75. The van der Waals surface area contributed by atoms with Crippen molar-refractivity contribution in [1.29, 1.82) is 0 Å². The van der Waals surface area contributed by atoms with Gasteiger partial charge in [-0.25, -0.2) is 9.37 Å². The van der Waals surface area contributed by atoms with Crippen molar-refractivity contribution in [1.82, 2.24) is 15.3 Å². The third kappa shape index (κ3) is 2.25. The number of halogens is 1. The van der Waals surface area contributed by atoms with Gasteiger partial charge >= 0.3 is 0 Å². The van der Waals surface area contributed by atoms with E-state index in [9.17, 15) is 9.18 Å². The lowest BCUT2D eigenvalue weighted by Crippen LogP contribution is -2.23. The summed E-state index contributed by atoms with van der Waals surface area (Å²) in [7, 11) is 0. The molecule has 0 unspecified atom stereocenters. The van der Waals surface area contributed by atoms with Crippen LogP contribution in [0.1, 0.15) is 15.9 Å². The monoisotopic (exact) mass is 269 g/mol. The molecule has 0 bridgehead atoms. The van der Waals surface area contributed by atoms with E-state index in [-0.39, 0.29) is 5.56 Å². The fraction of sp³-hybridized carbons (Fsp3) is 0.0667. The van der Waals surface area contributed by atoms with Crippen LogP contribution >= 0.6 is 0 Å². The molecule has 0 aliphatic heterocycles. The van der Waals surface area contributed by atoms with Gasteiger partial charge < -0.3 is 10.3 Å². The summed E-state index contributed by atoms with van der Waals surface area (Å²) in [5.74, 6) is -0.949. The molecular formula is C15H12FN3O. The number of amides is 1. The number of H-pyrrole nitrogens is 1. The van der Waals surface area contributed by atoms with Gasteiger partial charge in [-0.2, -0.15) is 0 Å². The number of aromatic nitrogens is 2. The summed E-state index contributed by atoms with van der Waals surface area (Å²) >= 11 is 0. The first-order valence-electron chi connectivity index (χ1n) is 6.19. The average Bonchev–Trinajstić information content (AvgIpc) is 2.94. The predicted molar refractivity (Wildman–Crippen MR) is 73.7 cm³/mol. The Morgan fingerprint density at radius 2 is 2.10 bits per heavy atom. The van der Waals surface area contributed by atoms with Crippen molar-refractivity contribution in [3.63, 3.8) is 0 Å². The summed E-state index contributed by atoms with van der Waals surface area (Å²) in [6, 6.07) is 9.65. The molecule has 100 valence electrons. The lowest BCUT2D eigenvalue weighted by Gasteiger charge is -2.07. The fourth-order valence-corrected chi connectivity index (χ4v) is 2.09. The van der Waals surface area contributed by atoms with Crippen LogP contribution in [0.5, 0.6) is 0 Å². The van der Waals surface area contributed by atoms with Crippen molar-refractivity contribution < 1.29 is 9.18 Å². The molecule has 0 saturated heterocycles. The van der Waals surface area contributed by atoms with Crippen LogP contribution in [0.25, 0.3) is 11.0 Å². The number of rotatable bonds is 3. The number of nitrogens with one attached hydrogen (secondary N) is 2. The normalized spacial score (nSPS) is 10.7. The van der Waals surface area contributed by atoms with Crippen LogP contribution in [-0.4, -0.2) is 15.9 Å². The Morgan fingerprint density at radius 1 is 1.25 bits per heavy atom. The largest absolute Gasteiger partial charge is 0.348 e. The topological polar surface area (TPSA) is 57.8 Å². The van der Waals surface area contributed by atoms with Crippen molar-refractivity contribution >= 4 is 16.9 Å². The van der Waals surface area contributed by atoms with E-state index >= 15 is 0 Å². The number of aromatic amines is 1. The minimum absolute atomic E-state index is 0.0480. The number of carbonyl (C=O) groups excluding carboxylic acids is 1. The van der Waals surface area contributed by atoms with Crippen LogP contribution in [0.4, 0.5) is 4.39 Å². The highest BCUT2D eigenvalue weighted by Gasteiger charge is 2.11. The first kappa shape index (κ1) is 12.3. The van der Waals surface area contributed by atoms with E-state index in [1.165, 1.54) is 12.1 Å². The maximum absolute atomic E-state index is 13.5. The lowest BCUT2D eigenvalue weighted by molar-refractivity contribution is 0.0947. The third-order valence-corrected chi connectivity index (χ3v) is 3.11. The summed E-state index contributed by atoms with van der Waals surface area (Å²) in [4.78, 5) is 19.1. The van der Waals surface area contributed by atoms with Crippen LogP contribution in [-0.2, 0) is 6.54 Å². The molecule has 5 heteroatoms. The zero-order valence-electron chi connectivity index (χ0n) is 10.6. The number of nitrogens with zero attached hydrogens (tertiary/aromatic N) is 1. The summed E-state index contributed by atoms with van der Waals surface area (Å²) in [6.45, 7) is 0.323. The average molecular weight is 269 g/mol. The highest BCUT2D eigenvalue weighted by Crippen LogP contribution is 2.15. The minimum Gasteiger partial charge on any atom is -0.348 e. The maximum atomic E-state index is 13.5. The van der Waals surface area contributed by atoms with Crippen LogP contribution in [0.3, 0.4) is 0 Å². The number of carbonyl (C=O) groups is 1. The Balaban J connectivity index is 1.78. The van der Waals surface area contributed by atoms with E-state index in [0.29, 0.717) is 6.54 Å². The Bertz CT molecular complexity index is 766. The van der Waals surface area contributed by atoms with E-state index in [1.807, 2.05) is 12.1 Å². The van der Waals surface area contributed by atoms with Crippen LogP contribution in [0.15, 0.2) is 48.8 Å². The minimum atomic E-state index is -0.522. The second-order valence-corrected chi connectivity index (χ2v) is 4.37. The second kappa shape index (κ2) is 5.13. The Morgan fingerprint density at radius 3 is 2.95 bits per heavy atom. The molecule has 0 fully saturated rings. The van der Waals surface area contributed by atoms with Gasteiger partial charge in [-0.3, -0.25) is 4.79 Å². The van der Waals surface area contributed by atoms with E-state index < -0.39 is 11.7 Å². The summed E-state index contributed by atoms with van der Waals surface area (Å²) in [6.07, 6.45) is 3.46. The van der Waals surface area contributed by atoms with E-state index in [2.05, 4.69) is 15.3 Å². The Kier molecular flexibility index (Phi) is 3.16. The Labute approximate surface area is 114 Å². The fourth-order valence-electron chi connectivity index (χ4n) is 2.09. The van der Waals surface area contributed by atoms with E-state index in [4.69, 9.17) is 0 Å². The molecule has 3 rings (SSSR count). The molecule has 0 aliphatic rings. The highest BCUT2D eigenvalue weighted by atomic mass is 19.1. The molecule has 0 radical (unpaired) electrons. The van der Waals surface area contributed by atoms with Gasteiger partial charge in [0.2, 0.25) is 0 Å². The molecule has 0 aliphatic carbocycles. The van der Waals surface area contributed by atoms with Crippen molar-refractivity contribution in [3.8, 4) is 0 Å². The van der Waals surface area contributed by atoms with Gasteiger partial charge in [0.05, 0.1) is 5.56 Å². The first-order chi connectivity index (χ1) is 9.75. The van der Waals surface area contributed by atoms with Gasteiger partial charge in [0, 0.05) is 24.3 Å². The Hall–Kier alpha value is -2.69. The standard InChI is InChI=1S/C15H12FN3O/c16-13-4-2-1-3-12(13)15(20)19-9-10-5-7-17-14-11(10)6-8-18-14/h1-8H,9H2,(H,17,18)(H,19,20). The smallest absolute Gasteiger partial charge is 0.254 e. The second-order valence-electron chi connectivity index (χ2n) is 4.37. The zero-order valence-corrected chi connectivity index (χ0v) is 10.6. The van der Waals surface area contributed by atoms with Gasteiger partial charge in [0.15, 0.2) is 0 Å². The number of pyridine rings is 1. The number of hydrogen-bond acceptors (Lipinski definition) is 2. The molecule has 2 heterocycles. The third-order valence-electron chi connectivity index (χ3n) is 3.11. The first-order valence-corrected chi connectivity index (χ1v) is 6.19. The predicted octanol–water partition coefficient (Wildman–Crippen LogP) is 2.63. The molecule has 3 aromatic rings. The lowest BCUT2D eigenvalue weighted by atomic mass is 10.1. The van der Waals surface area contributed by atoms with Gasteiger partial charge in [-0.1, -0.05) is 12.1 Å². The van der Waals surface area contributed by atoms with E-state index in [0.717, 1.165) is 16.6 Å². The number of fused-ring (bicyclic) bond motifs is 1. The molecule has 2 N–H and O–H groups in total. The van der Waals surface area contributed by atoms with Crippen LogP contribution < -0.4 is 5.32 Å². The van der Waals surface area contributed by atoms with Gasteiger partial charge in [0.1, 0.15) is 11.5 Å². The molecule has 4 nitrogen and oxygen atoms in total. The van der Waals surface area contributed by atoms with Crippen LogP contribution in [0.2, 0.25) is 0 Å². The van der Waals surface area contributed by atoms with Gasteiger partial charge in [0.25, 0.3) is 5.91 Å². The van der Waals surface area contributed by atoms with Gasteiger partial charge in [-0.05, 0) is 29.8 Å². The zero-order chi connectivity index (χ0) is 13.9. The molecule has 1 amide bonds. The molecule has 1 aromatic carbocycles. The molecule has 20 heavy (non-hydrogen) atoms. The molecule has 0 spiro atoms. The summed E-state index contributed by atoms with van der Waals surface area (Å²) in [5, 5.41) is 3.66. The summed E-state index contributed by atoms with van der Waals surface area (Å²) < 4.78 is 13.5. The van der Waals surface area contributed by atoms with Crippen molar-refractivity contribution in [2.75, 3.05) is 0 Å². The molecule has 2 aromatic heterocycles. The number of hydrogen-bond donors (Lipinski definition) is 2. The highest BCUT2D eigenvalue weighted by molar-refractivity contribution is 5.94. The van der Waals surface area contributed by atoms with Crippen molar-refractivity contribution in [2.45, 2.75) is 6.54 Å². The molecule has 0 saturated carbocycles. The quantitative estimate of drug-likeness (QED) is 0.768. The SMILES string of the molecule is O=C(NCc1ccnc2[nH]ccc12)c1ccccc1F.